The van der Waals surface area contributed by atoms with Gasteiger partial charge in [0.1, 0.15) is 0 Å². The molecular formula is C22H28N4O4. The molecule has 8 heteroatoms. The first-order valence-corrected chi connectivity index (χ1v) is 9.69. The van der Waals surface area contributed by atoms with Crippen LogP contribution in [0.15, 0.2) is 47.6 Å². The summed E-state index contributed by atoms with van der Waals surface area (Å²) in [6, 6.07) is 12.7. The van der Waals surface area contributed by atoms with E-state index in [0.717, 1.165) is 24.3 Å². The van der Waals surface area contributed by atoms with Gasteiger partial charge in [-0.2, -0.15) is 5.10 Å². The standard InChI is InChI=1S/C22H28N4O4/c1-5-26(6-2)18-10-7-16(8-11-18)14-24-25-21(27)15-23-22(28)17-9-12-19(29-3)20(13-17)30-4/h7-14H,5-6,15H2,1-4H3,(H,23,28)(H,25,27)/b24-14+. The number of nitrogens with zero attached hydrogens (tertiary/aromatic N) is 2. The Morgan fingerprint density at radius 1 is 1.00 bits per heavy atom. The lowest BCUT2D eigenvalue weighted by Crippen LogP contribution is -2.34. The number of nitrogens with one attached hydrogen (secondary N) is 2. The molecule has 0 aromatic heterocycles. The van der Waals surface area contributed by atoms with Crippen LogP contribution >= 0.6 is 0 Å². The van der Waals surface area contributed by atoms with E-state index in [2.05, 4.69) is 34.6 Å². The quantitative estimate of drug-likeness (QED) is 0.462. The average molecular weight is 412 g/mol. The smallest absolute Gasteiger partial charge is 0.259 e. The molecule has 0 aliphatic carbocycles. The molecule has 2 aromatic rings. The van der Waals surface area contributed by atoms with Crippen LogP contribution in [0.1, 0.15) is 29.8 Å². The summed E-state index contributed by atoms with van der Waals surface area (Å²) in [6.07, 6.45) is 1.56. The van der Waals surface area contributed by atoms with Gasteiger partial charge in [-0.3, -0.25) is 9.59 Å². The van der Waals surface area contributed by atoms with Crippen molar-refractivity contribution in [2.75, 3.05) is 38.8 Å². The van der Waals surface area contributed by atoms with Crippen molar-refractivity contribution in [2.24, 2.45) is 5.10 Å². The summed E-state index contributed by atoms with van der Waals surface area (Å²) in [5.41, 5.74) is 4.76. The zero-order valence-electron chi connectivity index (χ0n) is 17.8. The molecule has 0 saturated heterocycles. The summed E-state index contributed by atoms with van der Waals surface area (Å²) in [5, 5.41) is 6.47. The molecule has 0 bridgehead atoms. The molecule has 30 heavy (non-hydrogen) atoms. The first-order chi connectivity index (χ1) is 14.5. The van der Waals surface area contributed by atoms with Crippen LogP contribution in [-0.4, -0.2) is 51.9 Å². The molecule has 0 heterocycles. The first kappa shape index (κ1) is 22.7. The van der Waals surface area contributed by atoms with Crippen molar-refractivity contribution in [3.63, 3.8) is 0 Å². The Kier molecular flexibility index (Phi) is 8.68. The predicted octanol–water partition coefficient (Wildman–Crippen LogP) is 2.43. The van der Waals surface area contributed by atoms with Crippen molar-refractivity contribution in [1.82, 2.24) is 10.7 Å². The van der Waals surface area contributed by atoms with Gasteiger partial charge in [-0.05, 0) is 49.7 Å². The highest BCUT2D eigenvalue weighted by Crippen LogP contribution is 2.27. The predicted molar refractivity (Wildman–Crippen MR) is 118 cm³/mol. The lowest BCUT2D eigenvalue weighted by Gasteiger charge is -2.20. The van der Waals surface area contributed by atoms with Crippen LogP contribution in [-0.2, 0) is 4.79 Å². The second-order valence-corrected chi connectivity index (χ2v) is 6.31. The van der Waals surface area contributed by atoms with Crippen molar-refractivity contribution in [3.05, 3.63) is 53.6 Å². The Morgan fingerprint density at radius 2 is 1.67 bits per heavy atom. The van der Waals surface area contributed by atoms with Crippen molar-refractivity contribution in [3.8, 4) is 11.5 Å². The number of hydrogen-bond acceptors (Lipinski definition) is 6. The Hall–Kier alpha value is -3.55. The number of ether oxygens (including phenoxy) is 2. The van der Waals surface area contributed by atoms with Gasteiger partial charge in [0.15, 0.2) is 11.5 Å². The van der Waals surface area contributed by atoms with Crippen LogP contribution in [0.5, 0.6) is 11.5 Å². The molecule has 8 nitrogen and oxygen atoms in total. The molecule has 0 spiro atoms. The molecular weight excluding hydrogens is 384 g/mol. The maximum absolute atomic E-state index is 12.2. The Balaban J connectivity index is 1.84. The van der Waals surface area contributed by atoms with E-state index in [0.29, 0.717) is 17.1 Å². The molecule has 2 amide bonds. The number of carbonyl (C=O) groups is 2. The van der Waals surface area contributed by atoms with Gasteiger partial charge in [0, 0.05) is 24.3 Å². The first-order valence-electron chi connectivity index (χ1n) is 9.69. The molecule has 0 fully saturated rings. The van der Waals surface area contributed by atoms with Crippen molar-refractivity contribution < 1.29 is 19.1 Å². The third kappa shape index (κ3) is 6.23. The Bertz CT molecular complexity index is 877. The molecule has 0 aliphatic rings. The van der Waals surface area contributed by atoms with Gasteiger partial charge < -0.3 is 19.7 Å². The van der Waals surface area contributed by atoms with Crippen LogP contribution in [0.25, 0.3) is 0 Å². The van der Waals surface area contributed by atoms with Gasteiger partial charge in [-0.15, -0.1) is 0 Å². The SMILES string of the molecule is CCN(CC)c1ccc(/C=N/NC(=O)CNC(=O)c2ccc(OC)c(OC)c2)cc1. The molecule has 0 radical (unpaired) electrons. The summed E-state index contributed by atoms with van der Waals surface area (Å²) in [5.74, 6) is 0.124. The zero-order chi connectivity index (χ0) is 21.9. The Morgan fingerprint density at radius 3 is 2.27 bits per heavy atom. The fourth-order valence-corrected chi connectivity index (χ4v) is 2.82. The van der Waals surface area contributed by atoms with Crippen LogP contribution in [0.4, 0.5) is 5.69 Å². The lowest BCUT2D eigenvalue weighted by molar-refractivity contribution is -0.120. The van der Waals surface area contributed by atoms with E-state index >= 15 is 0 Å². The molecule has 2 N–H and O–H groups in total. The molecule has 2 rings (SSSR count). The second-order valence-electron chi connectivity index (χ2n) is 6.31. The summed E-state index contributed by atoms with van der Waals surface area (Å²) < 4.78 is 10.3. The summed E-state index contributed by atoms with van der Waals surface area (Å²) in [6.45, 7) is 5.89. The van der Waals surface area contributed by atoms with Crippen LogP contribution in [0, 0.1) is 0 Å². The molecule has 0 aliphatic heterocycles. The molecule has 2 aromatic carbocycles. The van der Waals surface area contributed by atoms with E-state index in [9.17, 15) is 9.59 Å². The van der Waals surface area contributed by atoms with E-state index in [-0.39, 0.29) is 6.54 Å². The third-order valence-corrected chi connectivity index (χ3v) is 4.48. The molecule has 0 atom stereocenters. The normalized spacial score (nSPS) is 10.5. The molecule has 160 valence electrons. The number of hydrazone groups is 1. The summed E-state index contributed by atoms with van der Waals surface area (Å²) >= 11 is 0. The van der Waals surface area contributed by atoms with Crippen molar-refractivity contribution in [1.29, 1.82) is 0 Å². The topological polar surface area (TPSA) is 92.3 Å². The minimum absolute atomic E-state index is 0.203. The van der Waals surface area contributed by atoms with Gasteiger partial charge >= 0.3 is 0 Å². The van der Waals surface area contributed by atoms with Gasteiger partial charge in [0.25, 0.3) is 11.8 Å². The monoisotopic (exact) mass is 412 g/mol. The number of amides is 2. The molecule has 0 unspecified atom stereocenters. The molecule has 0 saturated carbocycles. The number of rotatable bonds is 10. The highest BCUT2D eigenvalue weighted by molar-refractivity contribution is 5.97. The van der Waals surface area contributed by atoms with Crippen LogP contribution < -0.4 is 25.1 Å². The number of benzene rings is 2. The fraction of sp³-hybridized carbons (Fsp3) is 0.318. The zero-order valence-corrected chi connectivity index (χ0v) is 17.8. The minimum Gasteiger partial charge on any atom is -0.493 e. The third-order valence-electron chi connectivity index (χ3n) is 4.48. The van der Waals surface area contributed by atoms with Crippen LogP contribution in [0.2, 0.25) is 0 Å². The highest BCUT2D eigenvalue weighted by Gasteiger charge is 2.11. The highest BCUT2D eigenvalue weighted by atomic mass is 16.5. The van der Waals surface area contributed by atoms with Gasteiger partial charge in [0.05, 0.1) is 27.0 Å². The second kappa shape index (κ2) is 11.5. The van der Waals surface area contributed by atoms with E-state index in [1.54, 1.807) is 24.4 Å². The number of hydrogen-bond donors (Lipinski definition) is 2. The summed E-state index contributed by atoms with van der Waals surface area (Å²) in [4.78, 5) is 26.4. The fourth-order valence-electron chi connectivity index (χ4n) is 2.82. The van der Waals surface area contributed by atoms with E-state index in [1.165, 1.54) is 14.2 Å². The van der Waals surface area contributed by atoms with Gasteiger partial charge in [-0.1, -0.05) is 12.1 Å². The maximum atomic E-state index is 12.2. The number of methoxy groups -OCH3 is 2. The van der Waals surface area contributed by atoms with E-state index in [4.69, 9.17) is 9.47 Å². The van der Waals surface area contributed by atoms with Gasteiger partial charge in [0.2, 0.25) is 0 Å². The maximum Gasteiger partial charge on any atom is 0.259 e. The van der Waals surface area contributed by atoms with E-state index in [1.807, 2.05) is 24.3 Å². The minimum atomic E-state index is -0.431. The number of anilines is 1. The average Bonchev–Trinajstić information content (AvgIpc) is 2.78. The van der Waals surface area contributed by atoms with Crippen LogP contribution in [0.3, 0.4) is 0 Å². The lowest BCUT2D eigenvalue weighted by atomic mass is 10.2. The van der Waals surface area contributed by atoms with E-state index < -0.39 is 11.8 Å². The Labute approximate surface area is 176 Å². The van der Waals surface area contributed by atoms with Gasteiger partial charge in [-0.25, -0.2) is 5.43 Å². The largest absolute Gasteiger partial charge is 0.493 e. The summed E-state index contributed by atoms with van der Waals surface area (Å²) in [7, 11) is 3.00. The van der Waals surface area contributed by atoms with Crippen molar-refractivity contribution >= 4 is 23.7 Å². The number of carbonyl (C=O) groups excluding carboxylic acids is 2. The van der Waals surface area contributed by atoms with Crippen molar-refractivity contribution in [2.45, 2.75) is 13.8 Å².